The van der Waals surface area contributed by atoms with Crippen molar-refractivity contribution >= 4 is 5.97 Å². The van der Waals surface area contributed by atoms with E-state index in [1.165, 1.54) is 6.92 Å². The first-order valence-electron chi connectivity index (χ1n) is 6.19. The molecule has 0 spiro atoms. The van der Waals surface area contributed by atoms with Gasteiger partial charge in [-0.3, -0.25) is 4.79 Å². The monoisotopic (exact) mass is 256 g/mol. The molecular weight excluding hydrogens is 240 g/mol. The lowest BCUT2D eigenvalue weighted by Crippen LogP contribution is -2.03. The molecule has 0 saturated heterocycles. The highest BCUT2D eigenvalue weighted by atomic mass is 16.5. The predicted octanol–water partition coefficient (Wildman–Crippen LogP) is 3.58. The topological polar surface area (TPSA) is 35.5 Å². The van der Waals surface area contributed by atoms with Crippen LogP contribution >= 0.6 is 0 Å². The van der Waals surface area contributed by atoms with Gasteiger partial charge in [-0.15, -0.1) is 0 Å². The lowest BCUT2D eigenvalue weighted by atomic mass is 10.1. The summed E-state index contributed by atoms with van der Waals surface area (Å²) in [4.78, 5) is 10.6. The largest absolute Gasteiger partial charge is 0.466 e. The van der Waals surface area contributed by atoms with E-state index in [-0.39, 0.29) is 5.97 Å². The Morgan fingerprint density at radius 3 is 2.21 bits per heavy atom. The fraction of sp³-hybridized carbons (Fsp3) is 0.188. The molecule has 0 atom stereocenters. The highest BCUT2D eigenvalue weighted by Crippen LogP contribution is 2.21. The molecule has 0 N–H and O–H groups in total. The summed E-state index contributed by atoms with van der Waals surface area (Å²) in [5.41, 5.74) is 1.11. The standard InChI is InChI=1S/C16H16O3/c1-13(17)18-12-11-14-7-9-16(10-8-14)19-15-5-3-2-4-6-15/h2-10H,11-12H2,1H3. The van der Waals surface area contributed by atoms with Crippen molar-refractivity contribution in [2.45, 2.75) is 13.3 Å². The first-order chi connectivity index (χ1) is 9.24. The van der Waals surface area contributed by atoms with Crippen LogP contribution in [0.4, 0.5) is 0 Å². The van der Waals surface area contributed by atoms with Gasteiger partial charge in [0, 0.05) is 13.3 Å². The van der Waals surface area contributed by atoms with Crippen molar-refractivity contribution in [1.82, 2.24) is 0 Å². The van der Waals surface area contributed by atoms with Crippen LogP contribution in [0.5, 0.6) is 11.5 Å². The maximum Gasteiger partial charge on any atom is 0.302 e. The quantitative estimate of drug-likeness (QED) is 0.767. The van der Waals surface area contributed by atoms with E-state index in [0.717, 1.165) is 17.1 Å². The second-order valence-corrected chi connectivity index (χ2v) is 4.15. The number of benzene rings is 2. The van der Waals surface area contributed by atoms with Gasteiger partial charge in [0.2, 0.25) is 0 Å². The molecule has 0 fully saturated rings. The van der Waals surface area contributed by atoms with Crippen LogP contribution in [0.1, 0.15) is 12.5 Å². The molecule has 98 valence electrons. The van der Waals surface area contributed by atoms with E-state index in [4.69, 9.17) is 9.47 Å². The van der Waals surface area contributed by atoms with Crippen LogP contribution < -0.4 is 4.74 Å². The smallest absolute Gasteiger partial charge is 0.302 e. The van der Waals surface area contributed by atoms with Crippen LogP contribution in [0.15, 0.2) is 54.6 Å². The average Bonchev–Trinajstić information content (AvgIpc) is 2.42. The molecule has 0 radical (unpaired) electrons. The van der Waals surface area contributed by atoms with Gasteiger partial charge in [-0.05, 0) is 29.8 Å². The molecule has 0 saturated carbocycles. The van der Waals surface area contributed by atoms with E-state index in [9.17, 15) is 4.79 Å². The summed E-state index contributed by atoms with van der Waals surface area (Å²) >= 11 is 0. The molecule has 0 aliphatic heterocycles. The van der Waals surface area contributed by atoms with Gasteiger partial charge in [0.05, 0.1) is 6.61 Å². The number of carbonyl (C=O) groups is 1. The Bertz CT molecular complexity index is 517. The van der Waals surface area contributed by atoms with Gasteiger partial charge in [-0.2, -0.15) is 0 Å². The minimum atomic E-state index is -0.246. The second kappa shape index (κ2) is 6.59. The minimum Gasteiger partial charge on any atom is -0.466 e. The van der Waals surface area contributed by atoms with Crippen molar-refractivity contribution in [2.75, 3.05) is 6.61 Å². The van der Waals surface area contributed by atoms with Crippen molar-refractivity contribution in [3.63, 3.8) is 0 Å². The van der Waals surface area contributed by atoms with Crippen LogP contribution in [0.2, 0.25) is 0 Å². The Morgan fingerprint density at radius 1 is 0.947 bits per heavy atom. The van der Waals surface area contributed by atoms with Crippen LogP contribution in [-0.2, 0) is 16.0 Å². The van der Waals surface area contributed by atoms with Gasteiger partial charge in [0.1, 0.15) is 11.5 Å². The van der Waals surface area contributed by atoms with Crippen molar-refractivity contribution in [3.8, 4) is 11.5 Å². The Morgan fingerprint density at radius 2 is 1.58 bits per heavy atom. The van der Waals surface area contributed by atoms with Gasteiger partial charge >= 0.3 is 5.97 Å². The van der Waals surface area contributed by atoms with Gasteiger partial charge in [-0.25, -0.2) is 0 Å². The number of hydrogen-bond donors (Lipinski definition) is 0. The number of ether oxygens (including phenoxy) is 2. The Balaban J connectivity index is 1.89. The summed E-state index contributed by atoms with van der Waals surface area (Å²) < 4.78 is 10.6. The van der Waals surface area contributed by atoms with E-state index >= 15 is 0 Å². The molecule has 0 amide bonds. The van der Waals surface area contributed by atoms with E-state index in [1.54, 1.807) is 0 Å². The number of carbonyl (C=O) groups excluding carboxylic acids is 1. The Hall–Kier alpha value is -2.29. The van der Waals surface area contributed by atoms with Gasteiger partial charge in [-0.1, -0.05) is 30.3 Å². The molecule has 0 aliphatic carbocycles. The zero-order chi connectivity index (χ0) is 13.5. The van der Waals surface area contributed by atoms with Crippen molar-refractivity contribution in [3.05, 3.63) is 60.2 Å². The zero-order valence-electron chi connectivity index (χ0n) is 10.8. The summed E-state index contributed by atoms with van der Waals surface area (Å²) in [7, 11) is 0. The second-order valence-electron chi connectivity index (χ2n) is 4.15. The minimum absolute atomic E-state index is 0.246. The van der Waals surface area contributed by atoms with E-state index in [1.807, 2.05) is 54.6 Å². The number of para-hydroxylation sites is 1. The van der Waals surface area contributed by atoms with Gasteiger partial charge in [0.15, 0.2) is 0 Å². The third kappa shape index (κ3) is 4.47. The summed E-state index contributed by atoms with van der Waals surface area (Å²) in [5.74, 6) is 1.36. The van der Waals surface area contributed by atoms with Crippen molar-refractivity contribution in [2.24, 2.45) is 0 Å². The Kier molecular flexibility index (Phi) is 4.56. The van der Waals surface area contributed by atoms with Crippen LogP contribution in [-0.4, -0.2) is 12.6 Å². The highest BCUT2D eigenvalue weighted by Gasteiger charge is 1.99. The number of esters is 1. The fourth-order valence-corrected chi connectivity index (χ4v) is 1.66. The number of rotatable bonds is 5. The normalized spacial score (nSPS) is 9.95. The molecule has 19 heavy (non-hydrogen) atoms. The molecule has 3 heteroatoms. The molecule has 2 aromatic rings. The van der Waals surface area contributed by atoms with E-state index in [2.05, 4.69) is 0 Å². The number of hydrogen-bond acceptors (Lipinski definition) is 3. The first-order valence-corrected chi connectivity index (χ1v) is 6.19. The third-order valence-electron chi connectivity index (χ3n) is 2.60. The average molecular weight is 256 g/mol. The molecular formula is C16H16O3. The first kappa shape index (κ1) is 13.1. The summed E-state index contributed by atoms with van der Waals surface area (Å²) in [5, 5.41) is 0. The third-order valence-corrected chi connectivity index (χ3v) is 2.60. The van der Waals surface area contributed by atoms with Crippen molar-refractivity contribution in [1.29, 1.82) is 0 Å². The molecule has 0 unspecified atom stereocenters. The van der Waals surface area contributed by atoms with Crippen LogP contribution in [0.25, 0.3) is 0 Å². The maximum absolute atomic E-state index is 10.6. The van der Waals surface area contributed by atoms with Crippen molar-refractivity contribution < 1.29 is 14.3 Å². The molecule has 2 aromatic carbocycles. The van der Waals surface area contributed by atoms with Gasteiger partial charge in [0.25, 0.3) is 0 Å². The van der Waals surface area contributed by atoms with Gasteiger partial charge < -0.3 is 9.47 Å². The summed E-state index contributed by atoms with van der Waals surface area (Å²) in [6.45, 7) is 1.82. The van der Waals surface area contributed by atoms with E-state index < -0.39 is 0 Å². The molecule has 0 heterocycles. The lowest BCUT2D eigenvalue weighted by molar-refractivity contribution is -0.140. The maximum atomic E-state index is 10.6. The molecule has 0 aromatic heterocycles. The summed E-state index contributed by atoms with van der Waals surface area (Å²) in [6, 6.07) is 17.4. The molecule has 0 bridgehead atoms. The fourth-order valence-electron chi connectivity index (χ4n) is 1.66. The lowest BCUT2D eigenvalue weighted by Gasteiger charge is -2.06. The van der Waals surface area contributed by atoms with Crippen LogP contribution in [0.3, 0.4) is 0 Å². The van der Waals surface area contributed by atoms with Crippen LogP contribution in [0, 0.1) is 0 Å². The highest BCUT2D eigenvalue weighted by molar-refractivity contribution is 5.65. The predicted molar refractivity (Wildman–Crippen MR) is 73.3 cm³/mol. The van der Waals surface area contributed by atoms with E-state index in [0.29, 0.717) is 13.0 Å². The molecule has 3 nitrogen and oxygen atoms in total. The molecule has 2 rings (SSSR count). The zero-order valence-corrected chi connectivity index (χ0v) is 10.8. The molecule has 0 aliphatic rings. The Labute approximate surface area is 112 Å². The SMILES string of the molecule is CC(=O)OCCc1ccc(Oc2ccccc2)cc1. The summed E-state index contributed by atoms with van der Waals surface area (Å²) in [6.07, 6.45) is 0.713.